The van der Waals surface area contributed by atoms with E-state index in [0.717, 1.165) is 50.7 Å². The minimum Gasteiger partial charge on any atom is -0.496 e. The van der Waals surface area contributed by atoms with E-state index in [1.807, 2.05) is 11.8 Å². The highest BCUT2D eigenvalue weighted by atomic mass is 32.2. The van der Waals surface area contributed by atoms with Gasteiger partial charge in [-0.3, -0.25) is 4.79 Å². The van der Waals surface area contributed by atoms with Crippen molar-refractivity contribution < 1.29 is 35.9 Å². The summed E-state index contributed by atoms with van der Waals surface area (Å²) in [7, 11) is 0.943. The largest absolute Gasteiger partial charge is 0.496 e. The fraction of sp³-hybridized carbons (Fsp3) is 0.667. The molecule has 1 aliphatic carbocycles. The number of methoxy groups -OCH3 is 1. The number of alkyl halides is 6. The Morgan fingerprint density at radius 3 is 2.16 bits per heavy atom. The lowest BCUT2D eigenvalue weighted by atomic mass is 9.88. The molecule has 1 heterocycles. The highest BCUT2D eigenvalue weighted by Gasteiger charge is 2.42. The second-order valence-electron chi connectivity index (χ2n) is 8.12. The van der Waals surface area contributed by atoms with Crippen LogP contribution >= 0.6 is 11.8 Å². The summed E-state index contributed by atoms with van der Waals surface area (Å²) in [4.78, 5) is 13.0. The van der Waals surface area contributed by atoms with Gasteiger partial charge in [0.1, 0.15) is 5.75 Å². The van der Waals surface area contributed by atoms with E-state index in [4.69, 9.17) is 4.74 Å². The van der Waals surface area contributed by atoms with E-state index in [1.165, 1.54) is 0 Å². The second-order valence-corrected chi connectivity index (χ2v) is 9.35. The maximum Gasteiger partial charge on any atom is 0.417 e. The Labute approximate surface area is 186 Å². The summed E-state index contributed by atoms with van der Waals surface area (Å²) < 4.78 is 85.1. The van der Waals surface area contributed by atoms with E-state index in [2.05, 4.69) is 10.6 Å². The molecule has 2 unspecified atom stereocenters. The Morgan fingerprint density at radius 2 is 1.59 bits per heavy atom. The molecule has 1 saturated heterocycles. The number of amides is 1. The van der Waals surface area contributed by atoms with Crippen LogP contribution in [0.15, 0.2) is 12.1 Å². The molecule has 1 aliphatic heterocycles. The van der Waals surface area contributed by atoms with Crippen molar-refractivity contribution in [3.05, 3.63) is 28.8 Å². The van der Waals surface area contributed by atoms with Crippen LogP contribution in [0.1, 0.15) is 60.0 Å². The second kappa shape index (κ2) is 10.1. The summed E-state index contributed by atoms with van der Waals surface area (Å²) in [6.45, 7) is 0. The van der Waals surface area contributed by atoms with E-state index in [0.29, 0.717) is 12.5 Å². The fourth-order valence-electron chi connectivity index (χ4n) is 4.31. The van der Waals surface area contributed by atoms with Crippen LogP contribution in [0.4, 0.5) is 26.3 Å². The van der Waals surface area contributed by atoms with Gasteiger partial charge in [-0.15, -0.1) is 0 Å². The van der Waals surface area contributed by atoms with Crippen molar-refractivity contribution in [1.82, 2.24) is 10.6 Å². The highest BCUT2D eigenvalue weighted by molar-refractivity contribution is 7.99. The molecule has 180 valence electrons. The number of ether oxygens (including phenoxy) is 1. The number of hydrogen-bond donors (Lipinski definition) is 2. The Kier molecular flexibility index (Phi) is 7.90. The quantitative estimate of drug-likeness (QED) is 0.560. The topological polar surface area (TPSA) is 50.4 Å². The van der Waals surface area contributed by atoms with Crippen molar-refractivity contribution in [1.29, 1.82) is 0 Å². The van der Waals surface area contributed by atoms with E-state index >= 15 is 0 Å². The van der Waals surface area contributed by atoms with Gasteiger partial charge in [0, 0.05) is 18.1 Å². The van der Waals surface area contributed by atoms with Gasteiger partial charge in [0.25, 0.3) is 5.91 Å². The van der Waals surface area contributed by atoms with E-state index < -0.39 is 46.7 Å². The lowest BCUT2D eigenvalue weighted by Crippen LogP contribution is -2.54. The number of thioether (sulfide) groups is 1. The van der Waals surface area contributed by atoms with Crippen LogP contribution in [0.2, 0.25) is 0 Å². The van der Waals surface area contributed by atoms with E-state index in [-0.39, 0.29) is 18.2 Å². The van der Waals surface area contributed by atoms with Crippen LogP contribution < -0.4 is 15.4 Å². The summed E-state index contributed by atoms with van der Waals surface area (Å²) in [6, 6.07) is 0.161. The summed E-state index contributed by atoms with van der Waals surface area (Å²) in [5, 5.41) is 6.19. The lowest BCUT2D eigenvalue weighted by molar-refractivity contribution is -0.143. The van der Waals surface area contributed by atoms with Gasteiger partial charge in [-0.1, -0.05) is 12.8 Å². The van der Waals surface area contributed by atoms with Gasteiger partial charge in [0.05, 0.1) is 23.8 Å². The number of nitrogens with one attached hydrogen (secondary N) is 2. The number of rotatable bonds is 5. The van der Waals surface area contributed by atoms with Crippen LogP contribution in [0, 0.1) is 0 Å². The zero-order valence-electron chi connectivity index (χ0n) is 17.5. The average molecular weight is 485 g/mol. The number of carbonyl (C=O) groups excluding carboxylic acids is 1. The van der Waals surface area contributed by atoms with Crippen LogP contribution in [0.3, 0.4) is 0 Å². The molecule has 1 saturated carbocycles. The maximum absolute atomic E-state index is 13.6. The fourth-order valence-corrected chi connectivity index (χ4v) is 5.42. The molecule has 1 aromatic carbocycles. The molecule has 0 spiro atoms. The molecule has 11 heteroatoms. The van der Waals surface area contributed by atoms with Crippen molar-refractivity contribution in [2.45, 2.75) is 69.0 Å². The standard InChI is InChI=1S/C21H26F6N2O2S/c1-31-17-11-12(20(22,23)24)10-14(21(25,26)27)18(17)19(30)29-16-5-3-2-4-15(16)28-13-6-8-32-9-7-13/h10-11,13,15-16,28H,2-9H2,1H3,(H,29,30). The van der Waals surface area contributed by atoms with Crippen LogP contribution in [0.5, 0.6) is 5.75 Å². The minimum absolute atomic E-state index is 0.0340. The average Bonchev–Trinajstić information content (AvgIpc) is 2.73. The molecule has 2 aliphatic rings. The van der Waals surface area contributed by atoms with Gasteiger partial charge in [-0.2, -0.15) is 38.1 Å². The Balaban J connectivity index is 1.88. The van der Waals surface area contributed by atoms with Crippen molar-refractivity contribution in [2.24, 2.45) is 0 Å². The number of benzene rings is 1. The molecule has 32 heavy (non-hydrogen) atoms. The molecule has 0 radical (unpaired) electrons. The van der Waals surface area contributed by atoms with Crippen LogP contribution in [0.25, 0.3) is 0 Å². The van der Waals surface area contributed by atoms with E-state index in [9.17, 15) is 31.1 Å². The molecule has 2 N–H and O–H groups in total. The minimum atomic E-state index is -5.16. The van der Waals surface area contributed by atoms with Crippen molar-refractivity contribution >= 4 is 17.7 Å². The molecule has 3 rings (SSSR count). The van der Waals surface area contributed by atoms with Gasteiger partial charge in [0.15, 0.2) is 0 Å². The highest BCUT2D eigenvalue weighted by Crippen LogP contribution is 2.41. The van der Waals surface area contributed by atoms with Crippen molar-refractivity contribution in [3.8, 4) is 5.75 Å². The zero-order valence-corrected chi connectivity index (χ0v) is 18.4. The zero-order chi connectivity index (χ0) is 23.5. The summed E-state index contributed by atoms with van der Waals surface area (Å²) >= 11 is 1.87. The molecular weight excluding hydrogens is 458 g/mol. The van der Waals surface area contributed by atoms with Crippen LogP contribution in [-0.2, 0) is 12.4 Å². The normalized spacial score (nSPS) is 23.1. The van der Waals surface area contributed by atoms with Gasteiger partial charge in [-0.05, 0) is 49.3 Å². The van der Waals surface area contributed by atoms with Gasteiger partial charge < -0.3 is 15.4 Å². The molecular formula is C21H26F6N2O2S. The number of hydrogen-bond acceptors (Lipinski definition) is 4. The van der Waals surface area contributed by atoms with Crippen molar-refractivity contribution in [2.75, 3.05) is 18.6 Å². The predicted octanol–water partition coefficient (Wildman–Crippen LogP) is 5.26. The Morgan fingerprint density at radius 1 is 0.969 bits per heavy atom. The number of carbonyl (C=O) groups is 1. The molecule has 0 aromatic heterocycles. The van der Waals surface area contributed by atoms with Crippen LogP contribution in [-0.4, -0.2) is 42.6 Å². The third-order valence-corrected chi connectivity index (χ3v) is 6.98. The first-order valence-electron chi connectivity index (χ1n) is 10.5. The molecule has 1 amide bonds. The first kappa shape index (κ1) is 25.0. The lowest BCUT2D eigenvalue weighted by Gasteiger charge is -2.37. The summed E-state index contributed by atoms with van der Waals surface area (Å²) in [5.41, 5.74) is -4.11. The first-order chi connectivity index (χ1) is 15.0. The molecule has 1 aromatic rings. The maximum atomic E-state index is 13.6. The first-order valence-corrected chi connectivity index (χ1v) is 11.7. The third kappa shape index (κ3) is 6.03. The molecule has 2 atom stereocenters. The van der Waals surface area contributed by atoms with E-state index in [1.54, 1.807) is 0 Å². The summed E-state index contributed by atoms with van der Waals surface area (Å²) in [5.74, 6) is 0.216. The van der Waals surface area contributed by atoms with Crippen molar-refractivity contribution in [3.63, 3.8) is 0 Å². The Hall–Kier alpha value is -1.62. The smallest absolute Gasteiger partial charge is 0.417 e. The SMILES string of the molecule is COc1cc(C(F)(F)F)cc(C(F)(F)F)c1C(=O)NC1CCCCC1NC1CCSCC1. The van der Waals surface area contributed by atoms with Gasteiger partial charge in [-0.25, -0.2) is 0 Å². The molecule has 0 bridgehead atoms. The third-order valence-electron chi connectivity index (χ3n) is 5.94. The number of halogens is 6. The monoisotopic (exact) mass is 484 g/mol. The molecule has 2 fully saturated rings. The predicted molar refractivity (Wildman–Crippen MR) is 110 cm³/mol. The van der Waals surface area contributed by atoms with Gasteiger partial charge in [0.2, 0.25) is 0 Å². The Bertz CT molecular complexity index is 809. The van der Waals surface area contributed by atoms with Gasteiger partial charge >= 0.3 is 12.4 Å². The molecule has 4 nitrogen and oxygen atoms in total. The summed E-state index contributed by atoms with van der Waals surface area (Å²) in [6.07, 6.45) is -5.13.